The number of unbranched alkanes of at least 4 members (excludes halogenated alkanes) is 1. The quantitative estimate of drug-likeness (QED) is 0.769. The Balaban J connectivity index is 3.01. The highest BCUT2D eigenvalue weighted by Crippen LogP contribution is 2.25. The van der Waals surface area contributed by atoms with Gasteiger partial charge in [0.25, 0.3) is 0 Å². The zero-order valence-corrected chi connectivity index (χ0v) is 13.2. The average molecular weight is 300 g/mol. The lowest BCUT2D eigenvalue weighted by Crippen LogP contribution is -2.32. The van der Waals surface area contributed by atoms with Crippen molar-refractivity contribution >= 4 is 10.0 Å². The molecular weight excluding hydrogens is 276 g/mol. The van der Waals surface area contributed by atoms with Crippen LogP contribution in [0, 0.1) is 0 Å². The Kier molecular flexibility index (Phi) is 6.45. The Morgan fingerprint density at radius 2 is 2.10 bits per heavy atom. The molecule has 1 aromatic carbocycles. The van der Waals surface area contributed by atoms with Crippen LogP contribution in [0.1, 0.15) is 38.7 Å². The van der Waals surface area contributed by atoms with Crippen molar-refractivity contribution in [2.45, 2.75) is 50.6 Å². The van der Waals surface area contributed by atoms with E-state index in [-0.39, 0.29) is 17.5 Å². The molecule has 0 saturated carbocycles. The van der Waals surface area contributed by atoms with Crippen molar-refractivity contribution in [3.63, 3.8) is 0 Å². The molecule has 6 heteroatoms. The van der Waals surface area contributed by atoms with Gasteiger partial charge in [0.05, 0.1) is 7.11 Å². The van der Waals surface area contributed by atoms with E-state index in [0.717, 1.165) is 24.8 Å². The summed E-state index contributed by atoms with van der Waals surface area (Å²) in [4.78, 5) is 0.145. The molecule has 1 aromatic rings. The largest absolute Gasteiger partial charge is 0.495 e. The lowest BCUT2D eigenvalue weighted by Gasteiger charge is -2.16. The molecule has 3 N–H and O–H groups in total. The highest BCUT2D eigenvalue weighted by molar-refractivity contribution is 7.89. The van der Waals surface area contributed by atoms with E-state index in [2.05, 4.69) is 11.6 Å². The van der Waals surface area contributed by atoms with Crippen molar-refractivity contribution in [1.82, 2.24) is 4.72 Å². The topological polar surface area (TPSA) is 81.4 Å². The van der Waals surface area contributed by atoms with E-state index in [1.807, 2.05) is 6.92 Å². The van der Waals surface area contributed by atoms with E-state index in [1.54, 1.807) is 18.2 Å². The maximum Gasteiger partial charge on any atom is 0.244 e. The SMILES string of the molecule is CCCCC(C)NS(=O)(=O)c1cc(CN)ccc1OC. The zero-order chi connectivity index (χ0) is 15.2. The van der Waals surface area contributed by atoms with Gasteiger partial charge in [-0.2, -0.15) is 0 Å². The first-order valence-electron chi connectivity index (χ1n) is 6.84. The van der Waals surface area contributed by atoms with Crippen molar-refractivity contribution in [2.24, 2.45) is 5.73 Å². The third-order valence-electron chi connectivity index (χ3n) is 3.10. The molecule has 114 valence electrons. The molecule has 0 bridgehead atoms. The number of sulfonamides is 1. The van der Waals surface area contributed by atoms with Crippen LogP contribution in [0.5, 0.6) is 5.75 Å². The third-order valence-corrected chi connectivity index (χ3v) is 4.71. The Morgan fingerprint density at radius 3 is 2.65 bits per heavy atom. The van der Waals surface area contributed by atoms with Crippen molar-refractivity contribution in [3.05, 3.63) is 23.8 Å². The van der Waals surface area contributed by atoms with E-state index in [1.165, 1.54) is 7.11 Å². The molecule has 0 saturated heterocycles. The van der Waals surface area contributed by atoms with Gasteiger partial charge in [-0.1, -0.05) is 25.8 Å². The van der Waals surface area contributed by atoms with Crippen LogP contribution in [0.25, 0.3) is 0 Å². The van der Waals surface area contributed by atoms with Gasteiger partial charge in [-0.3, -0.25) is 0 Å². The Hall–Kier alpha value is -1.11. The minimum Gasteiger partial charge on any atom is -0.495 e. The molecule has 0 heterocycles. The van der Waals surface area contributed by atoms with Gasteiger partial charge in [-0.25, -0.2) is 13.1 Å². The Bertz CT molecular complexity index is 529. The van der Waals surface area contributed by atoms with Crippen molar-refractivity contribution in [1.29, 1.82) is 0 Å². The smallest absolute Gasteiger partial charge is 0.244 e. The van der Waals surface area contributed by atoms with Crippen LogP contribution in [0.15, 0.2) is 23.1 Å². The fourth-order valence-corrected chi connectivity index (χ4v) is 3.45. The van der Waals surface area contributed by atoms with E-state index < -0.39 is 10.0 Å². The maximum atomic E-state index is 12.4. The monoisotopic (exact) mass is 300 g/mol. The summed E-state index contributed by atoms with van der Waals surface area (Å²) in [5.74, 6) is 0.331. The lowest BCUT2D eigenvalue weighted by atomic mass is 10.2. The van der Waals surface area contributed by atoms with Gasteiger partial charge in [-0.15, -0.1) is 0 Å². The molecule has 0 spiro atoms. The van der Waals surface area contributed by atoms with Crippen LogP contribution >= 0.6 is 0 Å². The number of hydrogen-bond donors (Lipinski definition) is 2. The molecular formula is C14H24N2O3S. The van der Waals surface area contributed by atoms with Gasteiger partial charge in [0.1, 0.15) is 10.6 Å². The second-order valence-corrected chi connectivity index (χ2v) is 6.54. The highest BCUT2D eigenvalue weighted by atomic mass is 32.2. The minimum absolute atomic E-state index is 0.105. The van der Waals surface area contributed by atoms with Crippen LogP contribution in [0.4, 0.5) is 0 Å². The molecule has 20 heavy (non-hydrogen) atoms. The van der Waals surface area contributed by atoms with Crippen LogP contribution in [0.2, 0.25) is 0 Å². The van der Waals surface area contributed by atoms with Crippen molar-refractivity contribution < 1.29 is 13.2 Å². The third kappa shape index (κ3) is 4.47. The molecule has 0 fully saturated rings. The van der Waals surface area contributed by atoms with Crippen LogP contribution in [-0.2, 0) is 16.6 Å². The molecule has 0 aliphatic carbocycles. The van der Waals surface area contributed by atoms with Crippen molar-refractivity contribution in [2.75, 3.05) is 7.11 Å². The molecule has 1 rings (SSSR count). The number of benzene rings is 1. The predicted molar refractivity (Wildman–Crippen MR) is 80.2 cm³/mol. The molecule has 0 radical (unpaired) electrons. The zero-order valence-electron chi connectivity index (χ0n) is 12.3. The summed E-state index contributed by atoms with van der Waals surface area (Å²) in [5.41, 5.74) is 6.32. The van der Waals surface area contributed by atoms with Crippen LogP contribution in [-0.4, -0.2) is 21.6 Å². The number of methoxy groups -OCH3 is 1. The summed E-state index contributed by atoms with van der Waals surface area (Å²) in [5, 5.41) is 0. The number of rotatable bonds is 8. The minimum atomic E-state index is -3.60. The Labute approximate surface area is 121 Å². The van der Waals surface area contributed by atoms with Gasteiger partial charge in [-0.05, 0) is 31.0 Å². The second-order valence-electron chi connectivity index (χ2n) is 4.85. The molecule has 0 aliphatic rings. The summed E-state index contributed by atoms with van der Waals surface area (Å²) in [6.45, 7) is 4.24. The fourth-order valence-electron chi connectivity index (χ4n) is 1.96. The fraction of sp³-hybridized carbons (Fsp3) is 0.571. The van der Waals surface area contributed by atoms with Gasteiger partial charge in [0, 0.05) is 12.6 Å². The summed E-state index contributed by atoms with van der Waals surface area (Å²) < 4.78 is 32.7. The van der Waals surface area contributed by atoms with E-state index >= 15 is 0 Å². The predicted octanol–water partition coefficient (Wildman–Crippen LogP) is 2.01. The summed E-state index contributed by atoms with van der Waals surface area (Å²) in [6.07, 6.45) is 2.84. The Morgan fingerprint density at radius 1 is 1.40 bits per heavy atom. The molecule has 0 aliphatic heterocycles. The number of nitrogens with one attached hydrogen (secondary N) is 1. The van der Waals surface area contributed by atoms with Gasteiger partial charge < -0.3 is 10.5 Å². The first-order valence-corrected chi connectivity index (χ1v) is 8.32. The first kappa shape index (κ1) is 16.9. The van der Waals surface area contributed by atoms with Gasteiger partial charge in [0.2, 0.25) is 10.0 Å². The number of ether oxygens (including phenoxy) is 1. The van der Waals surface area contributed by atoms with E-state index in [4.69, 9.17) is 10.5 Å². The molecule has 5 nitrogen and oxygen atoms in total. The van der Waals surface area contributed by atoms with Gasteiger partial charge in [0.15, 0.2) is 0 Å². The second kappa shape index (κ2) is 7.61. The maximum absolute atomic E-state index is 12.4. The standard InChI is InChI=1S/C14H24N2O3S/c1-4-5-6-11(2)16-20(17,18)14-9-12(10-15)7-8-13(14)19-3/h7-9,11,16H,4-6,10,15H2,1-3H3. The van der Waals surface area contributed by atoms with Crippen molar-refractivity contribution in [3.8, 4) is 5.75 Å². The molecule has 0 amide bonds. The molecule has 1 atom stereocenters. The highest BCUT2D eigenvalue weighted by Gasteiger charge is 2.21. The molecule has 0 aromatic heterocycles. The van der Waals surface area contributed by atoms with E-state index in [9.17, 15) is 8.42 Å². The summed E-state index contributed by atoms with van der Waals surface area (Å²) in [7, 11) is -2.14. The average Bonchev–Trinajstić information content (AvgIpc) is 2.43. The first-order chi connectivity index (χ1) is 9.44. The summed E-state index contributed by atoms with van der Waals surface area (Å²) in [6, 6.07) is 4.85. The van der Waals surface area contributed by atoms with Crippen LogP contribution < -0.4 is 15.2 Å². The van der Waals surface area contributed by atoms with Gasteiger partial charge >= 0.3 is 0 Å². The number of hydrogen-bond acceptors (Lipinski definition) is 4. The normalized spacial score (nSPS) is 13.2. The molecule has 1 unspecified atom stereocenters. The van der Waals surface area contributed by atoms with E-state index in [0.29, 0.717) is 5.75 Å². The van der Waals surface area contributed by atoms with Crippen LogP contribution in [0.3, 0.4) is 0 Å². The number of nitrogens with two attached hydrogens (primary N) is 1. The summed E-state index contributed by atoms with van der Waals surface area (Å²) >= 11 is 0. The lowest BCUT2D eigenvalue weighted by molar-refractivity contribution is 0.401.